The normalized spacial score (nSPS) is 12.0. The second-order valence-electron chi connectivity index (χ2n) is 4.28. The molecule has 1 aromatic carbocycles. The van der Waals surface area contributed by atoms with Gasteiger partial charge < -0.3 is 15.7 Å². The molecule has 1 unspecified atom stereocenters. The van der Waals surface area contributed by atoms with Crippen molar-refractivity contribution in [3.8, 4) is 5.75 Å². The van der Waals surface area contributed by atoms with Gasteiger partial charge in [-0.1, -0.05) is 24.4 Å². The number of halogens is 1. The van der Waals surface area contributed by atoms with Crippen LogP contribution in [0.15, 0.2) is 22.8 Å². The maximum atomic E-state index is 9.77. The molecule has 2 rings (SSSR count). The van der Waals surface area contributed by atoms with Gasteiger partial charge in [-0.3, -0.25) is 0 Å². The van der Waals surface area contributed by atoms with Gasteiger partial charge in [0.15, 0.2) is 5.82 Å². The number of rotatable bonds is 4. The fourth-order valence-corrected chi connectivity index (χ4v) is 2.60. The highest BCUT2D eigenvalue weighted by Crippen LogP contribution is 2.28. The minimum Gasteiger partial charge on any atom is -0.507 e. The third-order valence-electron chi connectivity index (χ3n) is 2.73. The molecule has 0 amide bonds. The summed E-state index contributed by atoms with van der Waals surface area (Å²) in [6.07, 6.45) is 1.68. The Hall–Kier alpha value is -0.680. The molecule has 22 heavy (non-hydrogen) atoms. The molecular weight excluding hydrogens is 424 g/mol. The molecule has 0 saturated heterocycles. The summed E-state index contributed by atoms with van der Waals surface area (Å²) in [6, 6.07) is 2.99. The highest BCUT2D eigenvalue weighted by Gasteiger charge is 2.16. The first-order valence-corrected chi connectivity index (χ1v) is 8.48. The third kappa shape index (κ3) is 4.66. The molecule has 0 spiro atoms. The maximum absolute atomic E-state index is 9.77. The van der Waals surface area contributed by atoms with Crippen molar-refractivity contribution >= 4 is 85.2 Å². The van der Waals surface area contributed by atoms with Crippen LogP contribution in [0.4, 0.5) is 0 Å². The van der Waals surface area contributed by atoms with E-state index in [-0.39, 0.29) is 11.8 Å². The van der Waals surface area contributed by atoms with E-state index in [1.807, 2.05) is 0 Å². The zero-order valence-electron chi connectivity index (χ0n) is 10.9. The van der Waals surface area contributed by atoms with Crippen LogP contribution < -0.4 is 10.6 Å². The predicted molar refractivity (Wildman–Crippen MR) is 106 cm³/mol. The number of thiocarbonyl (C=S) groups is 2. The fourth-order valence-electron chi connectivity index (χ4n) is 1.77. The van der Waals surface area contributed by atoms with Crippen molar-refractivity contribution in [3.63, 3.8) is 0 Å². The van der Waals surface area contributed by atoms with Crippen LogP contribution in [0.5, 0.6) is 5.75 Å². The van der Waals surface area contributed by atoms with E-state index in [0.29, 0.717) is 31.0 Å². The summed E-state index contributed by atoms with van der Waals surface area (Å²) in [5.74, 6) is 0.615. The average Bonchev–Trinajstić information content (AvgIpc) is 2.43. The highest BCUT2D eigenvalue weighted by molar-refractivity contribution is 9.10. The number of aromatic hydroxyl groups is 1. The smallest absolute Gasteiger partial charge is 0.152 e. The molecule has 0 fully saturated rings. The Morgan fingerprint density at radius 2 is 2.05 bits per heavy atom. The Balaban J connectivity index is 2.37. The molecule has 1 heterocycles. The van der Waals surface area contributed by atoms with Crippen molar-refractivity contribution in [2.24, 2.45) is 0 Å². The summed E-state index contributed by atoms with van der Waals surface area (Å²) in [4.78, 5) is 8.78. The van der Waals surface area contributed by atoms with E-state index >= 15 is 0 Å². The van der Waals surface area contributed by atoms with E-state index in [0.717, 1.165) is 5.39 Å². The third-order valence-corrected chi connectivity index (χ3v) is 3.92. The minimum absolute atomic E-state index is 0.112. The van der Waals surface area contributed by atoms with Gasteiger partial charge in [-0.15, -0.1) is 25.3 Å². The quantitative estimate of drug-likeness (QED) is 0.374. The van der Waals surface area contributed by atoms with Gasteiger partial charge in [-0.2, -0.15) is 0 Å². The molecule has 3 N–H and O–H groups in total. The first-order valence-electron chi connectivity index (χ1n) is 5.98. The lowest BCUT2D eigenvalue weighted by molar-refractivity contribution is 0.472. The first-order chi connectivity index (χ1) is 10.4. The van der Waals surface area contributed by atoms with E-state index < -0.39 is 0 Å². The number of hydrogen-bond acceptors (Lipinski definition) is 5. The number of aromatic nitrogens is 2. The topological polar surface area (TPSA) is 70.1 Å². The van der Waals surface area contributed by atoms with Crippen LogP contribution >= 0.6 is 65.6 Å². The molecule has 1 atom stereocenters. The van der Waals surface area contributed by atoms with Gasteiger partial charge in [0.25, 0.3) is 0 Å². The average molecular weight is 435 g/mol. The molecule has 2 aromatic rings. The van der Waals surface area contributed by atoms with Crippen molar-refractivity contribution < 1.29 is 5.11 Å². The zero-order chi connectivity index (χ0) is 16.3. The van der Waals surface area contributed by atoms with Gasteiger partial charge in [0, 0.05) is 24.2 Å². The van der Waals surface area contributed by atoms with Crippen molar-refractivity contribution in [3.05, 3.63) is 28.6 Å². The lowest BCUT2D eigenvalue weighted by Gasteiger charge is -2.18. The first kappa shape index (κ1) is 17.7. The van der Waals surface area contributed by atoms with Crippen LogP contribution in [0.2, 0.25) is 0 Å². The standard InChI is InChI=1S/C12H11BrN4OS4/c13-6-1-5-3-14-10(16-7(5)2-9(6)18)8(17-12(21)22)4-15-11(19)20/h1-3,8,18H,4H2,(H2,15,19,20)(H2,17,21,22). The summed E-state index contributed by atoms with van der Waals surface area (Å²) < 4.78 is 1.27. The van der Waals surface area contributed by atoms with Gasteiger partial charge in [0.2, 0.25) is 0 Å². The Kier molecular flexibility index (Phi) is 6.21. The lowest BCUT2D eigenvalue weighted by Crippen LogP contribution is -2.35. The van der Waals surface area contributed by atoms with Gasteiger partial charge >= 0.3 is 0 Å². The van der Waals surface area contributed by atoms with Gasteiger partial charge in [0.1, 0.15) is 20.4 Å². The molecule has 1 aromatic heterocycles. The largest absolute Gasteiger partial charge is 0.507 e. The fraction of sp³-hybridized carbons (Fsp3) is 0.167. The van der Waals surface area contributed by atoms with E-state index in [1.165, 1.54) is 0 Å². The molecule has 0 bridgehead atoms. The number of fused-ring (bicyclic) bond motifs is 1. The molecule has 0 aliphatic carbocycles. The molecule has 0 saturated carbocycles. The maximum Gasteiger partial charge on any atom is 0.152 e. The number of hydrogen-bond donors (Lipinski definition) is 5. The van der Waals surface area contributed by atoms with Crippen molar-refractivity contribution in [2.75, 3.05) is 6.54 Å². The van der Waals surface area contributed by atoms with E-state index in [2.05, 4.69) is 61.8 Å². The van der Waals surface area contributed by atoms with Gasteiger partial charge in [-0.25, -0.2) is 9.97 Å². The Morgan fingerprint density at radius 3 is 2.68 bits per heavy atom. The predicted octanol–water partition coefficient (Wildman–Crippen LogP) is 2.75. The van der Waals surface area contributed by atoms with Crippen molar-refractivity contribution in [1.82, 2.24) is 20.6 Å². The van der Waals surface area contributed by atoms with Gasteiger partial charge in [-0.05, 0) is 22.0 Å². The molecule has 0 aliphatic rings. The Morgan fingerprint density at radius 1 is 1.32 bits per heavy atom. The number of benzene rings is 1. The van der Waals surface area contributed by atoms with E-state index in [1.54, 1.807) is 18.3 Å². The number of nitrogens with one attached hydrogen (secondary N) is 2. The summed E-state index contributed by atoms with van der Waals surface area (Å²) in [5, 5.41) is 16.5. The molecule has 0 aliphatic heterocycles. The Bertz CT molecular complexity index is 742. The summed E-state index contributed by atoms with van der Waals surface area (Å²) >= 11 is 21.2. The SMILES string of the molecule is Oc1cc2nc(C(CNC(=S)S)NC(=S)S)ncc2cc1Br. The monoisotopic (exact) mass is 434 g/mol. The molecule has 10 heteroatoms. The molecule has 116 valence electrons. The summed E-state index contributed by atoms with van der Waals surface area (Å²) in [5.41, 5.74) is 0.621. The Labute approximate surface area is 157 Å². The number of phenolic OH excluding ortho intramolecular Hbond substituents is 1. The highest BCUT2D eigenvalue weighted by atomic mass is 79.9. The zero-order valence-corrected chi connectivity index (χ0v) is 16.0. The lowest BCUT2D eigenvalue weighted by atomic mass is 10.2. The number of phenols is 1. The molecule has 0 radical (unpaired) electrons. The summed E-state index contributed by atoms with van der Waals surface area (Å²) in [7, 11) is 0. The second-order valence-corrected chi connectivity index (χ2v) is 7.45. The number of nitrogens with zero attached hydrogens (tertiary/aromatic N) is 2. The summed E-state index contributed by atoms with van der Waals surface area (Å²) in [6.45, 7) is 0.400. The van der Waals surface area contributed by atoms with Crippen LogP contribution in [0, 0.1) is 0 Å². The van der Waals surface area contributed by atoms with Crippen LogP contribution in [-0.4, -0.2) is 30.3 Å². The van der Waals surface area contributed by atoms with Crippen LogP contribution in [0.3, 0.4) is 0 Å². The minimum atomic E-state index is -0.328. The van der Waals surface area contributed by atoms with Crippen molar-refractivity contribution in [2.45, 2.75) is 6.04 Å². The van der Waals surface area contributed by atoms with Crippen LogP contribution in [0.1, 0.15) is 11.9 Å². The van der Waals surface area contributed by atoms with Gasteiger partial charge in [0.05, 0.1) is 9.99 Å². The van der Waals surface area contributed by atoms with Crippen LogP contribution in [-0.2, 0) is 0 Å². The van der Waals surface area contributed by atoms with E-state index in [9.17, 15) is 5.11 Å². The van der Waals surface area contributed by atoms with Crippen LogP contribution in [0.25, 0.3) is 10.9 Å². The molecular formula is C12H11BrN4OS4. The number of thiol groups is 2. The van der Waals surface area contributed by atoms with E-state index in [4.69, 9.17) is 24.4 Å². The van der Waals surface area contributed by atoms with Crippen molar-refractivity contribution in [1.29, 1.82) is 0 Å². The molecule has 5 nitrogen and oxygen atoms in total. The second kappa shape index (κ2) is 7.73.